The Hall–Kier alpha value is -1.29. The minimum absolute atomic E-state index is 0.573. The second-order valence-electron chi connectivity index (χ2n) is 4.48. The van der Waals surface area contributed by atoms with E-state index in [1.807, 2.05) is 12.3 Å². The first-order valence-electron chi connectivity index (χ1n) is 5.94. The van der Waals surface area contributed by atoms with E-state index in [0.717, 1.165) is 12.2 Å². The van der Waals surface area contributed by atoms with Crippen LogP contribution in [0.4, 0.5) is 11.4 Å². The maximum atomic E-state index is 5.67. The molecule has 1 unspecified atom stereocenters. The molecule has 16 heavy (non-hydrogen) atoms. The number of nitrogens with two attached hydrogens (primary N) is 1. The fourth-order valence-electron chi connectivity index (χ4n) is 2.13. The number of nitrogens with one attached hydrogen (secondary N) is 1. The Balaban J connectivity index is 1.82. The first kappa shape index (κ1) is 11.2. The minimum atomic E-state index is 0.573. The molecule has 1 atom stereocenters. The van der Waals surface area contributed by atoms with E-state index in [2.05, 4.69) is 22.1 Å². The summed E-state index contributed by atoms with van der Waals surface area (Å²) in [6.45, 7) is 5.68. The second-order valence-corrected chi connectivity index (χ2v) is 4.48. The number of rotatable bonds is 4. The molecule has 4 heteroatoms. The van der Waals surface area contributed by atoms with Gasteiger partial charge in [-0.25, -0.2) is 0 Å². The average molecular weight is 220 g/mol. The molecule has 2 heterocycles. The standard InChI is InChI=1S/C12H20N4/c1-10(16-4-2-3-5-16)7-15-12-6-11(13)8-14-9-12/h6,8-10,15H,2-5,7,13H2,1H3. The molecule has 88 valence electrons. The van der Waals surface area contributed by atoms with Gasteiger partial charge in [-0.1, -0.05) is 0 Å². The first-order chi connectivity index (χ1) is 7.75. The molecule has 0 radical (unpaired) electrons. The molecular weight excluding hydrogens is 200 g/mol. The third-order valence-electron chi connectivity index (χ3n) is 3.12. The van der Waals surface area contributed by atoms with Crippen molar-refractivity contribution in [1.82, 2.24) is 9.88 Å². The number of likely N-dealkylation sites (tertiary alicyclic amines) is 1. The van der Waals surface area contributed by atoms with Gasteiger partial charge in [0.25, 0.3) is 0 Å². The molecule has 1 saturated heterocycles. The third kappa shape index (κ3) is 2.85. The highest BCUT2D eigenvalue weighted by molar-refractivity contribution is 5.51. The zero-order valence-electron chi connectivity index (χ0n) is 9.82. The quantitative estimate of drug-likeness (QED) is 0.808. The van der Waals surface area contributed by atoms with Crippen LogP contribution in [0.2, 0.25) is 0 Å². The number of aromatic nitrogens is 1. The zero-order chi connectivity index (χ0) is 11.4. The van der Waals surface area contributed by atoms with E-state index in [1.165, 1.54) is 25.9 Å². The molecule has 0 aromatic carbocycles. The van der Waals surface area contributed by atoms with E-state index < -0.39 is 0 Å². The predicted molar refractivity (Wildman–Crippen MR) is 67.4 cm³/mol. The van der Waals surface area contributed by atoms with E-state index in [0.29, 0.717) is 11.7 Å². The van der Waals surface area contributed by atoms with Crippen LogP contribution in [0.25, 0.3) is 0 Å². The number of nitrogens with zero attached hydrogens (tertiary/aromatic N) is 2. The van der Waals surface area contributed by atoms with E-state index in [4.69, 9.17) is 5.73 Å². The smallest absolute Gasteiger partial charge is 0.0547 e. The molecule has 1 fully saturated rings. The van der Waals surface area contributed by atoms with E-state index in [1.54, 1.807) is 6.20 Å². The lowest BCUT2D eigenvalue weighted by molar-refractivity contribution is 0.269. The van der Waals surface area contributed by atoms with Gasteiger partial charge in [0, 0.05) is 18.8 Å². The van der Waals surface area contributed by atoms with E-state index >= 15 is 0 Å². The lowest BCUT2D eigenvalue weighted by Crippen LogP contribution is -2.35. The average Bonchev–Trinajstić information content (AvgIpc) is 2.79. The first-order valence-corrected chi connectivity index (χ1v) is 5.94. The van der Waals surface area contributed by atoms with Crippen LogP contribution in [0.15, 0.2) is 18.5 Å². The van der Waals surface area contributed by atoms with Crippen molar-refractivity contribution in [1.29, 1.82) is 0 Å². The van der Waals surface area contributed by atoms with Gasteiger partial charge in [0.1, 0.15) is 0 Å². The molecule has 0 amide bonds. The van der Waals surface area contributed by atoms with Gasteiger partial charge in [-0.05, 0) is 38.9 Å². The summed E-state index contributed by atoms with van der Waals surface area (Å²) in [5.74, 6) is 0. The molecule has 0 saturated carbocycles. The number of pyridine rings is 1. The van der Waals surface area contributed by atoms with Gasteiger partial charge in [0.05, 0.1) is 17.6 Å². The molecule has 0 bridgehead atoms. The minimum Gasteiger partial charge on any atom is -0.397 e. The van der Waals surface area contributed by atoms with Crippen molar-refractivity contribution < 1.29 is 0 Å². The van der Waals surface area contributed by atoms with Crippen molar-refractivity contribution in [2.75, 3.05) is 30.7 Å². The Morgan fingerprint density at radius 1 is 1.44 bits per heavy atom. The van der Waals surface area contributed by atoms with Crippen LogP contribution in [0.3, 0.4) is 0 Å². The highest BCUT2D eigenvalue weighted by Gasteiger charge is 2.17. The maximum absolute atomic E-state index is 5.67. The molecule has 0 aliphatic carbocycles. The lowest BCUT2D eigenvalue weighted by Gasteiger charge is -2.24. The normalized spacial score (nSPS) is 18.6. The van der Waals surface area contributed by atoms with Gasteiger partial charge in [-0.3, -0.25) is 9.88 Å². The zero-order valence-corrected chi connectivity index (χ0v) is 9.82. The van der Waals surface area contributed by atoms with Crippen LogP contribution in [-0.2, 0) is 0 Å². The van der Waals surface area contributed by atoms with Crippen LogP contribution in [0.1, 0.15) is 19.8 Å². The van der Waals surface area contributed by atoms with Gasteiger partial charge in [0.15, 0.2) is 0 Å². The van der Waals surface area contributed by atoms with Gasteiger partial charge in [0.2, 0.25) is 0 Å². The molecule has 1 aliphatic rings. The van der Waals surface area contributed by atoms with Crippen molar-refractivity contribution in [3.63, 3.8) is 0 Å². The fourth-order valence-corrected chi connectivity index (χ4v) is 2.13. The van der Waals surface area contributed by atoms with Crippen molar-refractivity contribution in [2.24, 2.45) is 0 Å². The summed E-state index contributed by atoms with van der Waals surface area (Å²) < 4.78 is 0. The summed E-state index contributed by atoms with van der Waals surface area (Å²) in [5.41, 5.74) is 7.39. The molecule has 1 aliphatic heterocycles. The molecule has 1 aromatic heterocycles. The van der Waals surface area contributed by atoms with E-state index in [-0.39, 0.29) is 0 Å². The topological polar surface area (TPSA) is 54.2 Å². The van der Waals surface area contributed by atoms with Crippen molar-refractivity contribution in [3.8, 4) is 0 Å². The summed E-state index contributed by atoms with van der Waals surface area (Å²) in [6.07, 6.45) is 6.15. The van der Waals surface area contributed by atoms with Crippen molar-refractivity contribution in [2.45, 2.75) is 25.8 Å². The predicted octanol–water partition coefficient (Wildman–Crippen LogP) is 1.56. The van der Waals surface area contributed by atoms with Gasteiger partial charge in [-0.2, -0.15) is 0 Å². The van der Waals surface area contributed by atoms with Crippen LogP contribution >= 0.6 is 0 Å². The number of hydrogen-bond acceptors (Lipinski definition) is 4. The van der Waals surface area contributed by atoms with Crippen LogP contribution < -0.4 is 11.1 Å². The molecule has 4 nitrogen and oxygen atoms in total. The number of anilines is 2. The Kier molecular flexibility index (Phi) is 3.62. The van der Waals surface area contributed by atoms with Crippen LogP contribution in [0, 0.1) is 0 Å². The largest absolute Gasteiger partial charge is 0.397 e. The van der Waals surface area contributed by atoms with Crippen molar-refractivity contribution >= 4 is 11.4 Å². The summed E-state index contributed by atoms with van der Waals surface area (Å²) >= 11 is 0. The number of nitrogen functional groups attached to an aromatic ring is 1. The van der Waals surface area contributed by atoms with E-state index in [9.17, 15) is 0 Å². The molecule has 3 N–H and O–H groups in total. The Labute approximate surface area is 96.8 Å². The highest BCUT2D eigenvalue weighted by atomic mass is 15.2. The number of hydrogen-bond donors (Lipinski definition) is 2. The summed E-state index contributed by atoms with van der Waals surface area (Å²) in [7, 11) is 0. The van der Waals surface area contributed by atoms with Crippen LogP contribution in [0.5, 0.6) is 0 Å². The van der Waals surface area contributed by atoms with Crippen molar-refractivity contribution in [3.05, 3.63) is 18.5 Å². The fraction of sp³-hybridized carbons (Fsp3) is 0.583. The Morgan fingerprint density at radius 3 is 2.88 bits per heavy atom. The highest BCUT2D eigenvalue weighted by Crippen LogP contribution is 2.13. The monoisotopic (exact) mass is 220 g/mol. The molecule has 0 spiro atoms. The van der Waals surface area contributed by atoms with Gasteiger partial charge < -0.3 is 11.1 Å². The summed E-state index contributed by atoms with van der Waals surface area (Å²) in [4.78, 5) is 6.58. The molecular formula is C12H20N4. The molecule has 1 aromatic rings. The third-order valence-corrected chi connectivity index (χ3v) is 3.12. The maximum Gasteiger partial charge on any atom is 0.0547 e. The summed E-state index contributed by atoms with van der Waals surface area (Å²) in [5, 5.41) is 3.38. The lowest BCUT2D eigenvalue weighted by atomic mass is 10.3. The Morgan fingerprint density at radius 2 is 2.19 bits per heavy atom. The second kappa shape index (κ2) is 5.16. The molecule has 2 rings (SSSR count). The summed E-state index contributed by atoms with van der Waals surface area (Å²) in [6, 6.07) is 2.49. The SMILES string of the molecule is CC(CNc1cncc(N)c1)N1CCCC1. The Bertz CT molecular complexity index is 334. The van der Waals surface area contributed by atoms with Crippen LogP contribution in [-0.4, -0.2) is 35.6 Å². The van der Waals surface area contributed by atoms with Gasteiger partial charge >= 0.3 is 0 Å². The van der Waals surface area contributed by atoms with Gasteiger partial charge in [-0.15, -0.1) is 0 Å².